The third-order valence-electron chi connectivity index (χ3n) is 5.38. The van der Waals surface area contributed by atoms with Crippen molar-refractivity contribution >= 4 is 17.6 Å². The van der Waals surface area contributed by atoms with Gasteiger partial charge in [-0.2, -0.15) is 4.98 Å². The molecule has 7 heteroatoms. The van der Waals surface area contributed by atoms with Gasteiger partial charge < -0.3 is 9.63 Å². The predicted octanol–water partition coefficient (Wildman–Crippen LogP) is 3.61. The summed E-state index contributed by atoms with van der Waals surface area (Å²) in [5.74, 6) is 0.630. The Morgan fingerprint density at radius 3 is 3.00 bits per heavy atom. The Balaban J connectivity index is 1.55. The van der Waals surface area contributed by atoms with E-state index in [9.17, 15) is 9.90 Å². The molecule has 1 aromatic carbocycles. The molecule has 2 fully saturated rings. The van der Waals surface area contributed by atoms with Crippen LogP contribution in [0, 0.1) is 5.92 Å². The summed E-state index contributed by atoms with van der Waals surface area (Å²) in [5.41, 5.74) is 0.786. The zero-order chi connectivity index (χ0) is 17.4. The van der Waals surface area contributed by atoms with E-state index in [0.29, 0.717) is 35.2 Å². The van der Waals surface area contributed by atoms with Crippen LogP contribution in [0.3, 0.4) is 0 Å². The highest BCUT2D eigenvalue weighted by Gasteiger charge is 2.45. The third kappa shape index (κ3) is 3.28. The molecule has 0 amide bonds. The number of carboxylic acids is 1. The molecule has 3 atom stereocenters. The molecule has 0 radical (unpaired) electrons. The van der Waals surface area contributed by atoms with Crippen LogP contribution in [0.4, 0.5) is 0 Å². The molecule has 2 aromatic rings. The van der Waals surface area contributed by atoms with Crippen LogP contribution in [0.5, 0.6) is 0 Å². The minimum Gasteiger partial charge on any atom is -0.480 e. The van der Waals surface area contributed by atoms with Gasteiger partial charge in [0.25, 0.3) is 0 Å². The third-order valence-corrected chi connectivity index (χ3v) is 5.61. The summed E-state index contributed by atoms with van der Waals surface area (Å²) in [5, 5.41) is 14.2. The average Bonchev–Trinajstić information content (AvgIpc) is 3.21. The molecule has 2 aliphatic rings. The van der Waals surface area contributed by atoms with E-state index < -0.39 is 12.0 Å². The van der Waals surface area contributed by atoms with E-state index in [-0.39, 0.29) is 0 Å². The first kappa shape index (κ1) is 16.5. The Labute approximate surface area is 150 Å². The van der Waals surface area contributed by atoms with E-state index >= 15 is 0 Å². The first-order valence-corrected chi connectivity index (χ1v) is 9.06. The van der Waals surface area contributed by atoms with Gasteiger partial charge in [-0.1, -0.05) is 41.7 Å². The molecule has 25 heavy (non-hydrogen) atoms. The van der Waals surface area contributed by atoms with Gasteiger partial charge in [-0.15, -0.1) is 0 Å². The smallest absolute Gasteiger partial charge is 0.320 e. The standard InChI is InChI=1S/C18H20ClN3O3/c19-13-6-3-5-12(8-13)17-20-16(25-21-17)10-22-14-7-2-1-4-11(14)9-15(22)18(23)24/h3,5-6,8,11,14-15H,1-2,4,7,9-10H2,(H,23,24)/t11-,14+,15-/m0/s1. The highest BCUT2D eigenvalue weighted by atomic mass is 35.5. The number of carbonyl (C=O) groups is 1. The second-order valence-electron chi connectivity index (χ2n) is 6.90. The maximum Gasteiger partial charge on any atom is 0.320 e. The molecular formula is C18H20ClN3O3. The van der Waals surface area contributed by atoms with Crippen LogP contribution in [-0.2, 0) is 11.3 Å². The number of aliphatic carboxylic acids is 1. The van der Waals surface area contributed by atoms with E-state index in [2.05, 4.69) is 10.1 Å². The van der Waals surface area contributed by atoms with Gasteiger partial charge in [-0.05, 0) is 37.3 Å². The second-order valence-corrected chi connectivity index (χ2v) is 7.33. The lowest BCUT2D eigenvalue weighted by atomic mass is 9.85. The molecular weight excluding hydrogens is 342 g/mol. The largest absolute Gasteiger partial charge is 0.480 e. The van der Waals surface area contributed by atoms with E-state index in [4.69, 9.17) is 16.1 Å². The van der Waals surface area contributed by atoms with Crippen LogP contribution in [0.1, 0.15) is 38.0 Å². The van der Waals surface area contributed by atoms with Crippen molar-refractivity contribution < 1.29 is 14.4 Å². The van der Waals surface area contributed by atoms with Crippen molar-refractivity contribution in [3.63, 3.8) is 0 Å². The zero-order valence-electron chi connectivity index (χ0n) is 13.8. The number of aromatic nitrogens is 2. The van der Waals surface area contributed by atoms with Crippen molar-refractivity contribution in [2.45, 2.75) is 50.7 Å². The van der Waals surface area contributed by atoms with Crippen LogP contribution in [0.2, 0.25) is 5.02 Å². The number of carboxylic acid groups (broad SMARTS) is 1. The molecule has 1 aliphatic carbocycles. The Morgan fingerprint density at radius 2 is 2.20 bits per heavy atom. The van der Waals surface area contributed by atoms with Gasteiger partial charge in [0.15, 0.2) is 0 Å². The molecule has 1 aliphatic heterocycles. The first-order valence-electron chi connectivity index (χ1n) is 8.69. The Morgan fingerprint density at radius 1 is 1.36 bits per heavy atom. The number of hydrogen-bond acceptors (Lipinski definition) is 5. The maximum atomic E-state index is 11.7. The van der Waals surface area contributed by atoms with Crippen molar-refractivity contribution in [3.05, 3.63) is 35.2 Å². The number of rotatable bonds is 4. The van der Waals surface area contributed by atoms with Gasteiger partial charge in [0.2, 0.25) is 11.7 Å². The van der Waals surface area contributed by atoms with E-state index in [1.807, 2.05) is 17.0 Å². The number of benzene rings is 1. The fourth-order valence-electron chi connectivity index (χ4n) is 4.24. The van der Waals surface area contributed by atoms with Gasteiger partial charge in [0.1, 0.15) is 6.04 Å². The first-order chi connectivity index (χ1) is 12.1. The summed E-state index contributed by atoms with van der Waals surface area (Å²) >= 11 is 6.01. The van der Waals surface area contributed by atoms with Crippen molar-refractivity contribution in [3.8, 4) is 11.4 Å². The predicted molar refractivity (Wildman–Crippen MR) is 92.1 cm³/mol. The molecule has 0 spiro atoms. The van der Waals surface area contributed by atoms with Crippen molar-refractivity contribution in [1.82, 2.24) is 15.0 Å². The minimum atomic E-state index is -0.760. The van der Waals surface area contributed by atoms with Crippen molar-refractivity contribution in [2.75, 3.05) is 0 Å². The summed E-state index contributed by atoms with van der Waals surface area (Å²) in [6.07, 6.45) is 5.23. The van der Waals surface area contributed by atoms with Gasteiger partial charge in [0.05, 0.1) is 6.54 Å². The average molecular weight is 362 g/mol. The van der Waals surface area contributed by atoms with E-state index in [1.165, 1.54) is 6.42 Å². The molecule has 132 valence electrons. The van der Waals surface area contributed by atoms with Crippen LogP contribution in [0.25, 0.3) is 11.4 Å². The number of halogens is 1. The number of hydrogen-bond donors (Lipinski definition) is 1. The number of fused-ring (bicyclic) bond motifs is 1. The number of likely N-dealkylation sites (tertiary alicyclic amines) is 1. The van der Waals surface area contributed by atoms with Gasteiger partial charge in [0, 0.05) is 16.6 Å². The number of nitrogens with zero attached hydrogens (tertiary/aromatic N) is 3. The fraction of sp³-hybridized carbons (Fsp3) is 0.500. The lowest BCUT2D eigenvalue weighted by Gasteiger charge is -2.31. The molecule has 4 rings (SSSR count). The Kier molecular flexibility index (Phi) is 4.48. The van der Waals surface area contributed by atoms with Gasteiger partial charge in [-0.25, -0.2) is 0 Å². The molecule has 1 N–H and O–H groups in total. The van der Waals surface area contributed by atoms with Crippen molar-refractivity contribution in [2.24, 2.45) is 5.92 Å². The molecule has 1 saturated heterocycles. The molecule has 0 bridgehead atoms. The monoisotopic (exact) mass is 361 g/mol. The topological polar surface area (TPSA) is 79.5 Å². The van der Waals surface area contributed by atoms with Crippen LogP contribution in [-0.4, -0.2) is 38.2 Å². The minimum absolute atomic E-state index is 0.302. The van der Waals surface area contributed by atoms with Crippen molar-refractivity contribution in [1.29, 1.82) is 0 Å². The van der Waals surface area contributed by atoms with E-state index in [0.717, 1.165) is 31.2 Å². The Hall–Kier alpha value is -1.92. The van der Waals surface area contributed by atoms with Crippen LogP contribution < -0.4 is 0 Å². The summed E-state index contributed by atoms with van der Waals surface area (Å²) in [6, 6.07) is 7.11. The summed E-state index contributed by atoms with van der Waals surface area (Å²) in [7, 11) is 0. The molecule has 0 unspecified atom stereocenters. The van der Waals surface area contributed by atoms with Crippen LogP contribution in [0.15, 0.2) is 28.8 Å². The molecule has 6 nitrogen and oxygen atoms in total. The lowest BCUT2D eigenvalue weighted by Crippen LogP contribution is -2.41. The van der Waals surface area contributed by atoms with Gasteiger partial charge >= 0.3 is 5.97 Å². The van der Waals surface area contributed by atoms with Gasteiger partial charge in [-0.3, -0.25) is 9.69 Å². The highest BCUT2D eigenvalue weighted by molar-refractivity contribution is 6.30. The lowest BCUT2D eigenvalue weighted by molar-refractivity contribution is -0.143. The highest BCUT2D eigenvalue weighted by Crippen LogP contribution is 2.40. The molecule has 1 aromatic heterocycles. The van der Waals surface area contributed by atoms with E-state index in [1.54, 1.807) is 12.1 Å². The summed E-state index contributed by atoms with van der Waals surface area (Å²) < 4.78 is 5.39. The Bertz CT molecular complexity index is 778. The molecule has 2 heterocycles. The quantitative estimate of drug-likeness (QED) is 0.896. The second kappa shape index (κ2) is 6.77. The summed E-state index contributed by atoms with van der Waals surface area (Å²) in [6.45, 7) is 0.381. The molecule has 1 saturated carbocycles. The normalized spacial score (nSPS) is 26.5. The maximum absolute atomic E-state index is 11.7. The van der Waals surface area contributed by atoms with Crippen LogP contribution >= 0.6 is 11.6 Å². The zero-order valence-corrected chi connectivity index (χ0v) is 14.5. The SMILES string of the molecule is O=C(O)[C@@H]1C[C@@H]2CCCC[C@H]2N1Cc1nc(-c2cccc(Cl)c2)no1. The fourth-order valence-corrected chi connectivity index (χ4v) is 4.43. The summed E-state index contributed by atoms with van der Waals surface area (Å²) in [4.78, 5) is 18.2.